The maximum atomic E-state index is 12.1. The van der Waals surface area contributed by atoms with Crippen LogP contribution in [0.1, 0.15) is 51.9 Å². The molecule has 3 N–H and O–H groups in total. The average Bonchev–Trinajstić information content (AvgIpc) is 2.71. The van der Waals surface area contributed by atoms with Crippen LogP contribution in [-0.4, -0.2) is 59.0 Å². The number of likely N-dealkylation sites (tertiary alicyclic amines) is 1. The molecule has 1 aliphatic heterocycles. The predicted octanol–water partition coefficient (Wildman–Crippen LogP) is 2.96. The zero-order chi connectivity index (χ0) is 19.8. The molecule has 9 nitrogen and oxygen atoms in total. The number of anilines is 2. The van der Waals surface area contributed by atoms with Crippen molar-refractivity contribution in [2.24, 2.45) is 0 Å². The van der Waals surface area contributed by atoms with Crippen molar-refractivity contribution < 1.29 is 14.3 Å². The van der Waals surface area contributed by atoms with Crippen molar-refractivity contribution in [1.82, 2.24) is 20.4 Å². The van der Waals surface area contributed by atoms with E-state index >= 15 is 0 Å². The summed E-state index contributed by atoms with van der Waals surface area (Å²) in [7, 11) is 0. The van der Waals surface area contributed by atoms with Crippen LogP contribution < -0.4 is 16.0 Å². The van der Waals surface area contributed by atoms with Crippen molar-refractivity contribution in [3.8, 4) is 0 Å². The molecule has 0 bridgehead atoms. The average molecular weight is 390 g/mol. The largest absolute Gasteiger partial charge is 0.450 e. The summed E-state index contributed by atoms with van der Waals surface area (Å²) in [6.45, 7) is 3.52. The van der Waals surface area contributed by atoms with Gasteiger partial charge in [0.1, 0.15) is 5.82 Å². The van der Waals surface area contributed by atoms with Crippen LogP contribution in [0, 0.1) is 0 Å². The third-order valence-corrected chi connectivity index (χ3v) is 5.22. The van der Waals surface area contributed by atoms with Gasteiger partial charge >= 0.3 is 12.1 Å². The van der Waals surface area contributed by atoms with Gasteiger partial charge in [0.05, 0.1) is 6.61 Å². The summed E-state index contributed by atoms with van der Waals surface area (Å²) in [4.78, 5) is 25.5. The van der Waals surface area contributed by atoms with Gasteiger partial charge in [-0.25, -0.2) is 9.59 Å². The second-order valence-electron chi connectivity index (χ2n) is 7.34. The Morgan fingerprint density at radius 1 is 1.04 bits per heavy atom. The van der Waals surface area contributed by atoms with Gasteiger partial charge in [0.2, 0.25) is 0 Å². The molecule has 0 aromatic carbocycles. The van der Waals surface area contributed by atoms with Crippen molar-refractivity contribution in [3.05, 3.63) is 12.1 Å². The molecule has 0 atom stereocenters. The first-order valence-electron chi connectivity index (χ1n) is 10.2. The van der Waals surface area contributed by atoms with Crippen LogP contribution in [0.25, 0.3) is 0 Å². The summed E-state index contributed by atoms with van der Waals surface area (Å²) in [5, 5.41) is 17.3. The Morgan fingerprint density at radius 2 is 1.71 bits per heavy atom. The number of hydrogen-bond donors (Lipinski definition) is 3. The summed E-state index contributed by atoms with van der Waals surface area (Å²) < 4.78 is 5.03. The summed E-state index contributed by atoms with van der Waals surface area (Å²) >= 11 is 0. The van der Waals surface area contributed by atoms with Gasteiger partial charge in [-0.15, -0.1) is 10.2 Å². The van der Waals surface area contributed by atoms with Gasteiger partial charge in [-0.3, -0.25) is 5.32 Å². The molecule has 1 aromatic heterocycles. The number of nitrogens with zero attached hydrogens (tertiary/aromatic N) is 3. The molecule has 2 aliphatic rings. The van der Waals surface area contributed by atoms with Crippen LogP contribution in [0.4, 0.5) is 21.2 Å². The molecule has 0 unspecified atom stereocenters. The number of rotatable bonds is 5. The monoisotopic (exact) mass is 390 g/mol. The first-order chi connectivity index (χ1) is 13.6. The van der Waals surface area contributed by atoms with Crippen LogP contribution in [-0.2, 0) is 4.74 Å². The number of carbonyl (C=O) groups excluding carboxylic acids is 2. The molecule has 1 aromatic rings. The Hall–Kier alpha value is -2.58. The van der Waals surface area contributed by atoms with Crippen LogP contribution >= 0.6 is 0 Å². The first kappa shape index (κ1) is 20.2. The third kappa shape index (κ3) is 5.97. The highest BCUT2D eigenvalue weighted by molar-refractivity contribution is 5.88. The summed E-state index contributed by atoms with van der Waals surface area (Å²) in [5.74, 6) is 1.09. The molecule has 28 heavy (non-hydrogen) atoms. The number of carbonyl (C=O) groups is 2. The number of nitrogens with one attached hydrogen (secondary N) is 3. The molecule has 9 heteroatoms. The molecule has 1 saturated carbocycles. The molecule has 3 rings (SSSR count). The molecule has 3 amide bonds. The van der Waals surface area contributed by atoms with E-state index in [4.69, 9.17) is 4.74 Å². The van der Waals surface area contributed by atoms with E-state index in [0.717, 1.165) is 25.7 Å². The van der Waals surface area contributed by atoms with Gasteiger partial charge in [0.25, 0.3) is 0 Å². The molecule has 0 radical (unpaired) electrons. The maximum Gasteiger partial charge on any atom is 0.409 e. The fourth-order valence-electron chi connectivity index (χ4n) is 3.69. The standard InChI is InChI=1S/C19H30N6O3/c1-2-28-19(27)25-12-10-15(11-13-25)20-16-8-9-17(24-23-16)22-18(26)21-14-6-4-3-5-7-14/h8-9,14-15H,2-7,10-13H2,1H3,(H,20,23)(H2,21,22,24,26). The number of hydrogen-bond acceptors (Lipinski definition) is 6. The number of amides is 3. The molecule has 154 valence electrons. The number of piperidine rings is 1. The molecule has 1 aliphatic carbocycles. The van der Waals surface area contributed by atoms with Gasteiger partial charge in [-0.2, -0.15) is 0 Å². The lowest BCUT2D eigenvalue weighted by Gasteiger charge is -2.31. The van der Waals surface area contributed by atoms with E-state index in [0.29, 0.717) is 31.3 Å². The summed E-state index contributed by atoms with van der Waals surface area (Å²) in [6.07, 6.45) is 7.07. The number of ether oxygens (including phenoxy) is 1. The fourth-order valence-corrected chi connectivity index (χ4v) is 3.69. The van der Waals surface area contributed by atoms with Crippen molar-refractivity contribution in [2.75, 3.05) is 30.3 Å². The Kier molecular flexibility index (Phi) is 7.27. The van der Waals surface area contributed by atoms with Crippen molar-refractivity contribution in [1.29, 1.82) is 0 Å². The highest BCUT2D eigenvalue weighted by atomic mass is 16.6. The van der Waals surface area contributed by atoms with E-state index in [1.807, 2.05) is 6.92 Å². The molecular weight excluding hydrogens is 360 g/mol. The topological polar surface area (TPSA) is 108 Å². The minimum Gasteiger partial charge on any atom is -0.450 e. The number of urea groups is 1. The van der Waals surface area contributed by atoms with Crippen molar-refractivity contribution in [3.63, 3.8) is 0 Å². The minimum atomic E-state index is -0.248. The second kappa shape index (κ2) is 10.1. The first-order valence-corrected chi connectivity index (χ1v) is 10.2. The Balaban J connectivity index is 1.41. The van der Waals surface area contributed by atoms with Gasteiger partial charge in [0.15, 0.2) is 5.82 Å². The van der Waals surface area contributed by atoms with E-state index in [2.05, 4.69) is 26.1 Å². The van der Waals surface area contributed by atoms with E-state index in [9.17, 15) is 9.59 Å². The Morgan fingerprint density at radius 3 is 2.36 bits per heavy atom. The molecular formula is C19H30N6O3. The quantitative estimate of drug-likeness (QED) is 0.713. The third-order valence-electron chi connectivity index (χ3n) is 5.22. The minimum absolute atomic E-state index is 0.228. The SMILES string of the molecule is CCOC(=O)N1CCC(Nc2ccc(NC(=O)NC3CCCCC3)nn2)CC1. The van der Waals surface area contributed by atoms with E-state index in [1.165, 1.54) is 19.3 Å². The van der Waals surface area contributed by atoms with Crippen LogP contribution in [0.2, 0.25) is 0 Å². The molecule has 2 fully saturated rings. The highest BCUT2D eigenvalue weighted by Crippen LogP contribution is 2.18. The molecule has 2 heterocycles. The summed E-state index contributed by atoms with van der Waals surface area (Å²) in [5.41, 5.74) is 0. The number of aromatic nitrogens is 2. The predicted molar refractivity (Wildman–Crippen MR) is 106 cm³/mol. The van der Waals surface area contributed by atoms with Gasteiger partial charge in [-0.1, -0.05) is 19.3 Å². The van der Waals surface area contributed by atoms with Crippen LogP contribution in [0.3, 0.4) is 0 Å². The van der Waals surface area contributed by atoms with Crippen molar-refractivity contribution >= 4 is 23.8 Å². The lowest BCUT2D eigenvalue weighted by atomic mass is 9.96. The van der Waals surface area contributed by atoms with E-state index < -0.39 is 0 Å². The van der Waals surface area contributed by atoms with Gasteiger partial charge < -0.3 is 20.3 Å². The van der Waals surface area contributed by atoms with E-state index in [-0.39, 0.29) is 24.2 Å². The lowest BCUT2D eigenvalue weighted by molar-refractivity contribution is 0.0983. The Labute approximate surface area is 165 Å². The fraction of sp³-hybridized carbons (Fsp3) is 0.684. The van der Waals surface area contributed by atoms with Gasteiger partial charge in [-0.05, 0) is 44.7 Å². The molecule has 0 spiro atoms. The van der Waals surface area contributed by atoms with Gasteiger partial charge in [0, 0.05) is 25.2 Å². The van der Waals surface area contributed by atoms with Crippen LogP contribution in [0.15, 0.2) is 12.1 Å². The molecule has 1 saturated heterocycles. The Bertz CT molecular complexity index is 640. The van der Waals surface area contributed by atoms with Crippen LogP contribution in [0.5, 0.6) is 0 Å². The summed E-state index contributed by atoms with van der Waals surface area (Å²) in [6, 6.07) is 3.80. The zero-order valence-corrected chi connectivity index (χ0v) is 16.4. The maximum absolute atomic E-state index is 12.1. The lowest BCUT2D eigenvalue weighted by Crippen LogP contribution is -2.42. The van der Waals surface area contributed by atoms with Crippen molar-refractivity contribution in [2.45, 2.75) is 64.0 Å². The zero-order valence-electron chi connectivity index (χ0n) is 16.4. The van der Waals surface area contributed by atoms with E-state index in [1.54, 1.807) is 17.0 Å². The normalized spacial score (nSPS) is 18.4. The highest BCUT2D eigenvalue weighted by Gasteiger charge is 2.23. The second-order valence-corrected chi connectivity index (χ2v) is 7.34. The smallest absolute Gasteiger partial charge is 0.409 e.